The molecule has 0 heterocycles. The van der Waals surface area contributed by atoms with Crippen LogP contribution in [0.2, 0.25) is 0 Å². The average molecular weight is 376 g/mol. The fourth-order valence-corrected chi connectivity index (χ4v) is 2.00. The topological polar surface area (TPSA) is 71.1 Å². The van der Waals surface area contributed by atoms with Gasteiger partial charge < -0.3 is 18.9 Å². The zero-order valence-electron chi connectivity index (χ0n) is 16.8. The Labute approximate surface area is 160 Å². The molecule has 0 spiro atoms. The summed E-state index contributed by atoms with van der Waals surface area (Å²) in [6.45, 7) is 7.33. The molecule has 27 heavy (non-hydrogen) atoms. The maximum Gasteiger partial charge on any atom is 0.333 e. The van der Waals surface area contributed by atoms with Crippen LogP contribution < -0.4 is 14.2 Å². The van der Waals surface area contributed by atoms with Crippen molar-refractivity contribution in [3.05, 3.63) is 35.4 Å². The molecule has 0 radical (unpaired) electrons. The Kier molecular flexibility index (Phi) is 9.13. The summed E-state index contributed by atoms with van der Waals surface area (Å²) < 4.78 is 21.3. The lowest BCUT2D eigenvalue weighted by Gasteiger charge is -2.16. The number of hydrogen-bond acceptors (Lipinski definition) is 6. The molecular formula is C21H28O6. The zero-order chi connectivity index (χ0) is 20.4. The molecule has 0 unspecified atom stereocenters. The van der Waals surface area contributed by atoms with E-state index < -0.39 is 0 Å². The number of methoxy groups -OCH3 is 2. The third kappa shape index (κ3) is 6.47. The van der Waals surface area contributed by atoms with Gasteiger partial charge in [0.2, 0.25) is 5.75 Å². The van der Waals surface area contributed by atoms with E-state index in [2.05, 4.69) is 0 Å². The molecule has 0 aliphatic rings. The molecule has 6 heteroatoms. The zero-order valence-corrected chi connectivity index (χ0v) is 16.8. The van der Waals surface area contributed by atoms with Crippen LogP contribution in [0.4, 0.5) is 0 Å². The normalized spacial score (nSPS) is 12.6. The third-order valence-electron chi connectivity index (χ3n) is 4.08. The predicted molar refractivity (Wildman–Crippen MR) is 104 cm³/mol. The number of carbonyl (C=O) groups excluding carboxylic acids is 2. The predicted octanol–water partition coefficient (Wildman–Crippen LogP) is 4.18. The second-order valence-electron chi connectivity index (χ2n) is 5.96. The van der Waals surface area contributed by atoms with Crippen molar-refractivity contribution in [2.24, 2.45) is 5.92 Å². The second-order valence-corrected chi connectivity index (χ2v) is 5.96. The number of allylic oxidation sites excluding steroid dienone is 1. The molecule has 1 rings (SSSR count). The SMILES string of the molecule is C/C=C(\C)C(=O)OC/C=C/c1cc(OC)c(OC(=O)[C@@H](C)CC)c(OC)c1. The molecule has 1 aromatic rings. The Balaban J connectivity index is 2.96. The molecule has 6 nitrogen and oxygen atoms in total. The van der Waals surface area contributed by atoms with Crippen LogP contribution in [0.15, 0.2) is 29.9 Å². The second kappa shape index (κ2) is 11.1. The lowest BCUT2D eigenvalue weighted by atomic mass is 10.1. The molecule has 0 aliphatic heterocycles. The van der Waals surface area contributed by atoms with Crippen molar-refractivity contribution in [3.63, 3.8) is 0 Å². The maximum absolute atomic E-state index is 12.1. The lowest BCUT2D eigenvalue weighted by molar-refractivity contribution is -0.139. The number of benzene rings is 1. The van der Waals surface area contributed by atoms with Gasteiger partial charge in [0.1, 0.15) is 6.61 Å². The van der Waals surface area contributed by atoms with Crippen molar-refractivity contribution < 1.29 is 28.5 Å². The van der Waals surface area contributed by atoms with Gasteiger partial charge in [-0.05, 0) is 44.0 Å². The lowest BCUT2D eigenvalue weighted by Crippen LogP contribution is -2.17. The van der Waals surface area contributed by atoms with E-state index in [4.69, 9.17) is 18.9 Å². The summed E-state index contributed by atoms with van der Waals surface area (Å²) in [6.07, 6.45) is 5.85. The van der Waals surface area contributed by atoms with Gasteiger partial charge in [0, 0.05) is 5.57 Å². The van der Waals surface area contributed by atoms with E-state index in [-0.39, 0.29) is 30.2 Å². The molecular weight excluding hydrogens is 348 g/mol. The van der Waals surface area contributed by atoms with E-state index in [0.29, 0.717) is 23.5 Å². The Morgan fingerprint density at radius 1 is 1.15 bits per heavy atom. The van der Waals surface area contributed by atoms with Gasteiger partial charge in [-0.2, -0.15) is 0 Å². The minimum absolute atomic E-state index is 0.138. The van der Waals surface area contributed by atoms with E-state index in [1.54, 1.807) is 51.1 Å². The highest BCUT2D eigenvalue weighted by atomic mass is 16.6. The molecule has 0 aromatic heterocycles. The monoisotopic (exact) mass is 376 g/mol. The molecule has 148 valence electrons. The van der Waals surface area contributed by atoms with Crippen LogP contribution in [0.25, 0.3) is 6.08 Å². The van der Waals surface area contributed by atoms with Crippen molar-refractivity contribution >= 4 is 18.0 Å². The van der Waals surface area contributed by atoms with Gasteiger partial charge in [-0.25, -0.2) is 4.79 Å². The van der Waals surface area contributed by atoms with E-state index >= 15 is 0 Å². The highest BCUT2D eigenvalue weighted by molar-refractivity contribution is 5.87. The summed E-state index contributed by atoms with van der Waals surface area (Å²) in [5, 5.41) is 0. The van der Waals surface area contributed by atoms with Crippen LogP contribution in [0.5, 0.6) is 17.2 Å². The maximum atomic E-state index is 12.1. The molecule has 0 bridgehead atoms. The Morgan fingerprint density at radius 3 is 2.22 bits per heavy atom. The first-order valence-corrected chi connectivity index (χ1v) is 8.82. The summed E-state index contributed by atoms with van der Waals surface area (Å²) in [6, 6.07) is 3.44. The van der Waals surface area contributed by atoms with Crippen molar-refractivity contribution in [1.29, 1.82) is 0 Å². The van der Waals surface area contributed by atoms with E-state index in [9.17, 15) is 9.59 Å². The summed E-state index contributed by atoms with van der Waals surface area (Å²) in [4.78, 5) is 23.7. The van der Waals surface area contributed by atoms with Crippen LogP contribution >= 0.6 is 0 Å². The van der Waals surface area contributed by atoms with Gasteiger partial charge in [-0.3, -0.25) is 4.79 Å². The Bertz CT molecular complexity index is 692. The van der Waals surface area contributed by atoms with Crippen molar-refractivity contribution in [2.45, 2.75) is 34.1 Å². The number of carbonyl (C=O) groups is 2. The van der Waals surface area contributed by atoms with Crippen molar-refractivity contribution in [1.82, 2.24) is 0 Å². The number of rotatable bonds is 9. The van der Waals surface area contributed by atoms with Gasteiger partial charge in [0.05, 0.1) is 20.1 Å². The van der Waals surface area contributed by atoms with Gasteiger partial charge in [0.25, 0.3) is 0 Å². The molecule has 0 amide bonds. The van der Waals surface area contributed by atoms with E-state index in [1.807, 2.05) is 6.92 Å². The third-order valence-corrected chi connectivity index (χ3v) is 4.08. The molecule has 1 atom stereocenters. The highest BCUT2D eigenvalue weighted by Crippen LogP contribution is 2.39. The van der Waals surface area contributed by atoms with Gasteiger partial charge in [0.15, 0.2) is 11.5 Å². The molecule has 0 N–H and O–H groups in total. The average Bonchev–Trinajstić information content (AvgIpc) is 2.69. The molecule has 0 saturated heterocycles. The number of hydrogen-bond donors (Lipinski definition) is 0. The highest BCUT2D eigenvalue weighted by Gasteiger charge is 2.20. The largest absolute Gasteiger partial charge is 0.493 e. The van der Waals surface area contributed by atoms with Crippen molar-refractivity contribution in [2.75, 3.05) is 20.8 Å². The summed E-state index contributed by atoms with van der Waals surface area (Å²) in [5.41, 5.74) is 1.31. The Hall–Kier alpha value is -2.76. The molecule has 1 aromatic carbocycles. The van der Waals surface area contributed by atoms with E-state index in [0.717, 1.165) is 5.56 Å². The van der Waals surface area contributed by atoms with Gasteiger partial charge in [-0.1, -0.05) is 26.0 Å². The first kappa shape index (κ1) is 22.3. The van der Waals surface area contributed by atoms with Crippen LogP contribution in [0.3, 0.4) is 0 Å². The number of ether oxygens (including phenoxy) is 4. The quantitative estimate of drug-likeness (QED) is 0.366. The first-order chi connectivity index (χ1) is 12.9. The van der Waals surface area contributed by atoms with Gasteiger partial charge in [-0.15, -0.1) is 0 Å². The summed E-state index contributed by atoms with van der Waals surface area (Å²) in [5.74, 6) is 0.0833. The Morgan fingerprint density at radius 2 is 1.74 bits per heavy atom. The minimum Gasteiger partial charge on any atom is -0.493 e. The smallest absolute Gasteiger partial charge is 0.333 e. The molecule has 0 aliphatic carbocycles. The minimum atomic E-state index is -0.357. The number of esters is 2. The summed E-state index contributed by atoms with van der Waals surface area (Å²) in [7, 11) is 2.98. The van der Waals surface area contributed by atoms with Crippen molar-refractivity contribution in [3.8, 4) is 17.2 Å². The van der Waals surface area contributed by atoms with Crippen LogP contribution in [-0.4, -0.2) is 32.8 Å². The molecule has 0 saturated carbocycles. The molecule has 0 fully saturated rings. The van der Waals surface area contributed by atoms with E-state index in [1.165, 1.54) is 14.2 Å². The standard InChI is InChI=1S/C21H28O6/c1-7-14(3)20(22)26-11-9-10-16-12-17(24-5)19(18(13-16)25-6)27-21(23)15(4)8-2/h7,9-10,12-13,15H,8,11H2,1-6H3/b10-9+,14-7+/t15-/m0/s1. The van der Waals surface area contributed by atoms with Crippen LogP contribution in [0.1, 0.15) is 39.7 Å². The fourth-order valence-electron chi connectivity index (χ4n) is 2.00. The first-order valence-electron chi connectivity index (χ1n) is 8.82. The van der Waals surface area contributed by atoms with Gasteiger partial charge >= 0.3 is 11.9 Å². The fraction of sp³-hybridized carbons (Fsp3) is 0.429. The van der Waals surface area contributed by atoms with Crippen LogP contribution in [-0.2, 0) is 14.3 Å². The summed E-state index contributed by atoms with van der Waals surface area (Å²) >= 11 is 0. The van der Waals surface area contributed by atoms with Crippen LogP contribution in [0, 0.1) is 5.92 Å².